The smallest absolute Gasteiger partial charge is 0.249 e. The van der Waals surface area contributed by atoms with E-state index in [2.05, 4.69) is 23.6 Å². The highest BCUT2D eigenvalue weighted by Gasteiger charge is 2.13. The van der Waals surface area contributed by atoms with E-state index in [-0.39, 0.29) is 24.4 Å². The molecule has 0 saturated heterocycles. The summed E-state index contributed by atoms with van der Waals surface area (Å²) in [4.78, 5) is 11.7. The summed E-state index contributed by atoms with van der Waals surface area (Å²) >= 11 is 0. The zero-order chi connectivity index (χ0) is 12.5. The Kier molecular flexibility index (Phi) is 10.0. The van der Waals surface area contributed by atoms with Crippen molar-refractivity contribution in [2.45, 2.75) is 39.2 Å². The van der Waals surface area contributed by atoms with Crippen LogP contribution in [0.15, 0.2) is 11.6 Å². The lowest BCUT2D eigenvalue weighted by molar-refractivity contribution is -0.131. The Hall–Kier alpha value is -0.580. The van der Waals surface area contributed by atoms with Crippen molar-refractivity contribution in [3.8, 4) is 0 Å². The molecule has 0 aromatic rings. The van der Waals surface area contributed by atoms with Crippen LogP contribution in [0.2, 0.25) is 0 Å². The summed E-state index contributed by atoms with van der Waals surface area (Å²) in [6.07, 6.45) is 4.92. The molecule has 5 heteroatoms. The molecule has 0 spiro atoms. The summed E-state index contributed by atoms with van der Waals surface area (Å²) in [6.45, 7) is 7.15. The maximum atomic E-state index is 11.7. The number of hydrogen-bond donors (Lipinski definition) is 2. The van der Waals surface area contributed by atoms with E-state index < -0.39 is 0 Å². The maximum Gasteiger partial charge on any atom is 0.249 e. The number of carbonyl (C=O) groups is 1. The third kappa shape index (κ3) is 6.99. The molecule has 18 heavy (non-hydrogen) atoms. The Morgan fingerprint density at radius 3 is 3.00 bits per heavy atom. The Morgan fingerprint density at radius 2 is 2.39 bits per heavy atom. The fourth-order valence-corrected chi connectivity index (χ4v) is 1.65. The molecule has 0 radical (unpaired) electrons. The molecular formula is C13H25ClN2O2. The first kappa shape index (κ1) is 17.4. The van der Waals surface area contributed by atoms with Gasteiger partial charge in [-0.2, -0.15) is 0 Å². The summed E-state index contributed by atoms with van der Waals surface area (Å²) in [5, 5.41) is 6.16. The van der Waals surface area contributed by atoms with Crippen molar-refractivity contribution in [1.82, 2.24) is 10.6 Å². The lowest BCUT2D eigenvalue weighted by Crippen LogP contribution is -2.37. The first-order valence-corrected chi connectivity index (χ1v) is 6.52. The van der Waals surface area contributed by atoms with Crippen LogP contribution in [0.5, 0.6) is 0 Å². The van der Waals surface area contributed by atoms with E-state index in [1.807, 2.05) is 6.92 Å². The predicted octanol–water partition coefficient (Wildman–Crippen LogP) is 1.65. The van der Waals surface area contributed by atoms with E-state index in [1.165, 1.54) is 5.57 Å². The van der Waals surface area contributed by atoms with Crippen LogP contribution in [0.4, 0.5) is 0 Å². The van der Waals surface area contributed by atoms with Crippen LogP contribution in [0.1, 0.15) is 33.1 Å². The van der Waals surface area contributed by atoms with Crippen molar-refractivity contribution >= 4 is 18.3 Å². The van der Waals surface area contributed by atoms with Gasteiger partial charge in [0.1, 0.15) is 6.10 Å². The molecule has 1 aliphatic rings. The van der Waals surface area contributed by atoms with Gasteiger partial charge in [-0.15, -0.1) is 12.4 Å². The van der Waals surface area contributed by atoms with Crippen LogP contribution in [-0.4, -0.2) is 38.3 Å². The molecule has 2 N–H and O–H groups in total. The van der Waals surface area contributed by atoms with Gasteiger partial charge in [0.2, 0.25) is 5.91 Å². The molecule has 4 nitrogen and oxygen atoms in total. The first-order chi connectivity index (χ1) is 8.24. The van der Waals surface area contributed by atoms with Gasteiger partial charge < -0.3 is 15.4 Å². The monoisotopic (exact) mass is 276 g/mol. The lowest BCUT2D eigenvalue weighted by Gasteiger charge is -2.17. The van der Waals surface area contributed by atoms with Gasteiger partial charge in [-0.25, -0.2) is 0 Å². The standard InChI is InChI=1S/C13H24N2O2.ClH/c1-3-4-9-17-11(2)13(16)15-10-12-5-7-14-8-6-12;/h5,11,14H,3-4,6-10H2,1-2H3,(H,15,16);1H. The number of unbranched alkanes of at least 4 members (excludes halogenated alkanes) is 1. The zero-order valence-electron chi connectivity index (χ0n) is 11.3. The van der Waals surface area contributed by atoms with Crippen molar-refractivity contribution < 1.29 is 9.53 Å². The predicted molar refractivity (Wildman–Crippen MR) is 76.1 cm³/mol. The van der Waals surface area contributed by atoms with Crippen LogP contribution in [0.3, 0.4) is 0 Å². The highest BCUT2D eigenvalue weighted by Crippen LogP contribution is 2.03. The fraction of sp³-hybridized carbons (Fsp3) is 0.769. The maximum absolute atomic E-state index is 11.7. The lowest BCUT2D eigenvalue weighted by atomic mass is 10.1. The second-order valence-electron chi connectivity index (χ2n) is 4.40. The number of carbonyl (C=O) groups excluding carboxylic acids is 1. The molecule has 1 amide bonds. The van der Waals surface area contributed by atoms with E-state index in [0.717, 1.165) is 32.4 Å². The minimum atomic E-state index is -0.344. The van der Waals surface area contributed by atoms with E-state index in [4.69, 9.17) is 4.74 Å². The largest absolute Gasteiger partial charge is 0.369 e. The molecule has 1 rings (SSSR count). The van der Waals surface area contributed by atoms with Crippen LogP contribution in [0.25, 0.3) is 0 Å². The average Bonchev–Trinajstić information content (AvgIpc) is 2.37. The molecule has 0 aromatic heterocycles. The highest BCUT2D eigenvalue weighted by atomic mass is 35.5. The van der Waals surface area contributed by atoms with Crippen LogP contribution < -0.4 is 10.6 Å². The summed E-state index contributed by atoms with van der Waals surface area (Å²) < 4.78 is 5.44. The number of ether oxygens (including phenoxy) is 1. The summed E-state index contributed by atoms with van der Waals surface area (Å²) in [5.74, 6) is -0.0134. The molecule has 106 valence electrons. The molecule has 0 fully saturated rings. The second kappa shape index (κ2) is 10.4. The quantitative estimate of drug-likeness (QED) is 0.549. The number of nitrogens with one attached hydrogen (secondary N) is 2. The number of halogens is 1. The summed E-state index contributed by atoms with van der Waals surface area (Å²) in [7, 11) is 0. The summed E-state index contributed by atoms with van der Waals surface area (Å²) in [6, 6.07) is 0. The molecule has 1 heterocycles. The third-order valence-corrected chi connectivity index (χ3v) is 2.88. The van der Waals surface area contributed by atoms with Gasteiger partial charge in [-0.3, -0.25) is 4.79 Å². The van der Waals surface area contributed by atoms with E-state index in [1.54, 1.807) is 0 Å². The molecule has 0 bridgehead atoms. The van der Waals surface area contributed by atoms with Gasteiger partial charge >= 0.3 is 0 Å². The summed E-state index contributed by atoms with van der Waals surface area (Å²) in [5.41, 5.74) is 1.30. The van der Waals surface area contributed by atoms with Gasteiger partial charge in [0.15, 0.2) is 0 Å². The van der Waals surface area contributed by atoms with Gasteiger partial charge in [0, 0.05) is 19.7 Å². The molecule has 1 atom stereocenters. The average molecular weight is 277 g/mol. The molecule has 0 aromatic carbocycles. The van der Waals surface area contributed by atoms with Crippen molar-refractivity contribution in [3.63, 3.8) is 0 Å². The molecular weight excluding hydrogens is 252 g/mol. The number of hydrogen-bond acceptors (Lipinski definition) is 3. The molecule has 1 unspecified atom stereocenters. The van der Waals surface area contributed by atoms with Crippen LogP contribution in [-0.2, 0) is 9.53 Å². The fourth-order valence-electron chi connectivity index (χ4n) is 1.65. The normalized spacial score (nSPS) is 16.4. The van der Waals surface area contributed by atoms with E-state index >= 15 is 0 Å². The zero-order valence-corrected chi connectivity index (χ0v) is 12.1. The van der Waals surface area contributed by atoms with Gasteiger partial charge in [-0.05, 0) is 26.3 Å². The minimum absolute atomic E-state index is 0. The first-order valence-electron chi connectivity index (χ1n) is 6.52. The Balaban J connectivity index is 0.00000289. The Morgan fingerprint density at radius 1 is 1.61 bits per heavy atom. The van der Waals surface area contributed by atoms with Gasteiger partial charge in [0.05, 0.1) is 0 Å². The third-order valence-electron chi connectivity index (χ3n) is 2.88. The van der Waals surface area contributed by atoms with Gasteiger partial charge in [-0.1, -0.05) is 25.0 Å². The Labute approximate surface area is 116 Å². The molecule has 0 saturated carbocycles. The van der Waals surface area contributed by atoms with E-state index in [0.29, 0.717) is 13.2 Å². The van der Waals surface area contributed by atoms with Crippen molar-refractivity contribution in [2.75, 3.05) is 26.2 Å². The minimum Gasteiger partial charge on any atom is -0.369 e. The topological polar surface area (TPSA) is 50.4 Å². The van der Waals surface area contributed by atoms with Crippen molar-refractivity contribution in [1.29, 1.82) is 0 Å². The van der Waals surface area contributed by atoms with Gasteiger partial charge in [0.25, 0.3) is 0 Å². The van der Waals surface area contributed by atoms with Crippen LogP contribution in [0, 0.1) is 0 Å². The van der Waals surface area contributed by atoms with E-state index in [9.17, 15) is 4.79 Å². The number of rotatable bonds is 7. The van der Waals surface area contributed by atoms with Crippen LogP contribution >= 0.6 is 12.4 Å². The molecule has 1 aliphatic heterocycles. The number of amides is 1. The highest BCUT2D eigenvalue weighted by molar-refractivity contribution is 5.85. The Bertz CT molecular complexity index is 270. The van der Waals surface area contributed by atoms with Crippen molar-refractivity contribution in [3.05, 3.63) is 11.6 Å². The SMILES string of the molecule is CCCCOC(C)C(=O)NCC1=CCNCC1.Cl. The second-order valence-corrected chi connectivity index (χ2v) is 4.40. The molecule has 0 aliphatic carbocycles. The van der Waals surface area contributed by atoms with Crippen molar-refractivity contribution in [2.24, 2.45) is 0 Å².